The molecule has 0 bridgehead atoms. The Kier molecular flexibility index (Phi) is 5.93. The molecule has 0 unspecified atom stereocenters. The molecule has 0 aromatic heterocycles. The summed E-state index contributed by atoms with van der Waals surface area (Å²) in [4.78, 5) is 46.0. The zero-order valence-electron chi connectivity index (χ0n) is 14.8. The average molecular weight is 414 g/mol. The molecule has 1 saturated heterocycles. The number of nitro groups is 1. The third-order valence-corrected chi connectivity index (χ3v) is 4.82. The van der Waals surface area contributed by atoms with Gasteiger partial charge < -0.3 is 9.84 Å². The second kappa shape index (κ2) is 8.57. The van der Waals surface area contributed by atoms with Gasteiger partial charge in [0.15, 0.2) is 0 Å². The molecule has 1 fully saturated rings. The van der Waals surface area contributed by atoms with Crippen LogP contribution in [-0.2, 0) is 16.2 Å². The Bertz CT molecular complexity index is 1020. The highest BCUT2D eigenvalue weighted by Crippen LogP contribution is 2.34. The van der Waals surface area contributed by atoms with Crippen molar-refractivity contribution in [1.82, 2.24) is 4.90 Å². The summed E-state index contributed by atoms with van der Waals surface area (Å²) in [6.07, 6.45) is 1.47. The van der Waals surface area contributed by atoms with E-state index in [-0.39, 0.29) is 17.2 Å². The Morgan fingerprint density at radius 2 is 1.86 bits per heavy atom. The van der Waals surface area contributed by atoms with Gasteiger partial charge in [-0.15, -0.1) is 0 Å². The van der Waals surface area contributed by atoms with Gasteiger partial charge in [-0.3, -0.25) is 29.4 Å². The quantitative estimate of drug-likeness (QED) is 0.415. The first-order valence-electron chi connectivity index (χ1n) is 8.27. The van der Waals surface area contributed by atoms with Crippen LogP contribution in [0, 0.1) is 10.1 Å². The van der Waals surface area contributed by atoms with Crippen LogP contribution in [0.1, 0.15) is 11.1 Å². The summed E-state index contributed by atoms with van der Waals surface area (Å²) in [6, 6.07) is 12.8. The maximum absolute atomic E-state index is 12.3. The molecule has 1 aliphatic rings. The average Bonchev–Trinajstić information content (AvgIpc) is 2.94. The topological polar surface area (TPSA) is 127 Å². The van der Waals surface area contributed by atoms with E-state index in [9.17, 15) is 24.5 Å². The SMILES string of the molecule is O=C(O)CN1C(=O)S/C(=C/c2ccccc2OCc2ccc([N+](=O)[O-])cc2)C1=O. The van der Waals surface area contributed by atoms with Crippen LogP contribution in [0.2, 0.25) is 0 Å². The van der Waals surface area contributed by atoms with Crippen LogP contribution in [0.4, 0.5) is 10.5 Å². The minimum absolute atomic E-state index is 0.0220. The third-order valence-electron chi connectivity index (χ3n) is 3.91. The second-order valence-corrected chi connectivity index (χ2v) is 6.90. The number of carboxylic acid groups (broad SMARTS) is 1. The van der Waals surface area contributed by atoms with E-state index in [1.54, 1.807) is 36.4 Å². The summed E-state index contributed by atoms with van der Waals surface area (Å²) in [6.45, 7) is -0.552. The first-order valence-corrected chi connectivity index (χ1v) is 9.09. The van der Waals surface area contributed by atoms with Crippen molar-refractivity contribution in [3.63, 3.8) is 0 Å². The molecule has 2 aromatic carbocycles. The van der Waals surface area contributed by atoms with Crippen molar-refractivity contribution in [2.75, 3.05) is 6.54 Å². The Morgan fingerprint density at radius 1 is 1.17 bits per heavy atom. The van der Waals surface area contributed by atoms with Gasteiger partial charge in [-0.1, -0.05) is 18.2 Å². The van der Waals surface area contributed by atoms with E-state index in [0.717, 1.165) is 0 Å². The molecular weight excluding hydrogens is 400 g/mol. The number of imide groups is 1. The van der Waals surface area contributed by atoms with Crippen LogP contribution in [0.5, 0.6) is 5.75 Å². The minimum Gasteiger partial charge on any atom is -0.488 e. The molecule has 10 heteroatoms. The number of nitro benzene ring substituents is 1. The van der Waals surface area contributed by atoms with Gasteiger partial charge in [-0.2, -0.15) is 0 Å². The Hall–Kier alpha value is -3.66. The van der Waals surface area contributed by atoms with Crippen molar-refractivity contribution < 1.29 is 29.2 Å². The van der Waals surface area contributed by atoms with Gasteiger partial charge in [0.25, 0.3) is 16.8 Å². The fourth-order valence-corrected chi connectivity index (χ4v) is 3.35. The van der Waals surface area contributed by atoms with Gasteiger partial charge in [0.2, 0.25) is 0 Å². The van der Waals surface area contributed by atoms with Crippen LogP contribution in [-0.4, -0.2) is 38.6 Å². The summed E-state index contributed by atoms with van der Waals surface area (Å²) >= 11 is 0.662. The van der Waals surface area contributed by atoms with Crippen molar-refractivity contribution >= 4 is 40.6 Å². The lowest BCUT2D eigenvalue weighted by Crippen LogP contribution is -2.33. The van der Waals surface area contributed by atoms with Crippen LogP contribution >= 0.6 is 11.8 Å². The van der Waals surface area contributed by atoms with Gasteiger partial charge in [-0.25, -0.2) is 0 Å². The van der Waals surface area contributed by atoms with E-state index in [1.807, 2.05) is 0 Å². The van der Waals surface area contributed by atoms with Gasteiger partial charge in [0.1, 0.15) is 18.9 Å². The molecule has 3 rings (SSSR count). The highest BCUT2D eigenvalue weighted by molar-refractivity contribution is 8.18. The number of amides is 2. The molecule has 148 valence electrons. The molecule has 0 radical (unpaired) electrons. The number of hydrogen-bond acceptors (Lipinski definition) is 7. The molecule has 2 amide bonds. The van der Waals surface area contributed by atoms with Gasteiger partial charge in [0, 0.05) is 17.7 Å². The maximum atomic E-state index is 12.3. The smallest absolute Gasteiger partial charge is 0.323 e. The number of carbonyl (C=O) groups is 3. The zero-order chi connectivity index (χ0) is 21.0. The molecule has 0 aliphatic carbocycles. The van der Waals surface area contributed by atoms with Crippen LogP contribution in [0.25, 0.3) is 6.08 Å². The van der Waals surface area contributed by atoms with Gasteiger partial charge in [-0.05, 0) is 41.6 Å². The number of nitrogens with zero attached hydrogens (tertiary/aromatic N) is 2. The number of carbonyl (C=O) groups excluding carboxylic acids is 2. The maximum Gasteiger partial charge on any atom is 0.323 e. The summed E-state index contributed by atoms with van der Waals surface area (Å²) in [5, 5.41) is 18.9. The lowest BCUT2D eigenvalue weighted by Gasteiger charge is -2.10. The Labute approximate surface area is 168 Å². The molecule has 1 N–H and O–H groups in total. The van der Waals surface area contributed by atoms with E-state index < -0.39 is 28.6 Å². The van der Waals surface area contributed by atoms with Gasteiger partial charge in [0.05, 0.1) is 9.83 Å². The number of hydrogen-bond donors (Lipinski definition) is 1. The second-order valence-electron chi connectivity index (χ2n) is 5.91. The normalized spacial score (nSPS) is 15.0. The molecule has 0 atom stereocenters. The third kappa shape index (κ3) is 4.79. The zero-order valence-corrected chi connectivity index (χ0v) is 15.6. The number of non-ortho nitro benzene ring substituents is 1. The van der Waals surface area contributed by atoms with Crippen LogP contribution < -0.4 is 4.74 Å². The van der Waals surface area contributed by atoms with E-state index in [4.69, 9.17) is 9.84 Å². The molecule has 2 aromatic rings. The van der Waals surface area contributed by atoms with Gasteiger partial charge >= 0.3 is 5.97 Å². The predicted molar refractivity (Wildman–Crippen MR) is 104 cm³/mol. The molecule has 1 aliphatic heterocycles. The number of para-hydroxylation sites is 1. The van der Waals surface area contributed by atoms with Crippen molar-refractivity contribution in [1.29, 1.82) is 0 Å². The Morgan fingerprint density at radius 3 is 2.52 bits per heavy atom. The lowest BCUT2D eigenvalue weighted by atomic mass is 10.1. The number of thioether (sulfide) groups is 1. The molecule has 29 heavy (non-hydrogen) atoms. The number of aliphatic carboxylic acids is 1. The number of rotatable bonds is 7. The monoisotopic (exact) mass is 414 g/mol. The molecule has 0 spiro atoms. The summed E-state index contributed by atoms with van der Waals surface area (Å²) < 4.78 is 5.76. The highest BCUT2D eigenvalue weighted by Gasteiger charge is 2.36. The first kappa shape index (κ1) is 20.1. The number of ether oxygens (including phenoxy) is 1. The predicted octanol–water partition coefficient (Wildman–Crippen LogP) is 3.29. The van der Waals surface area contributed by atoms with Crippen LogP contribution in [0.3, 0.4) is 0 Å². The fraction of sp³-hybridized carbons (Fsp3) is 0.105. The van der Waals surface area contributed by atoms with Crippen molar-refractivity contribution in [2.45, 2.75) is 6.61 Å². The standard InChI is InChI=1S/C19H14N2O7S/c22-17(23)10-20-18(24)16(29-19(20)25)9-13-3-1-2-4-15(13)28-11-12-5-7-14(8-6-12)21(26)27/h1-9H,10-11H2,(H,22,23)/b16-9+. The molecule has 9 nitrogen and oxygen atoms in total. The summed E-state index contributed by atoms with van der Waals surface area (Å²) in [5.74, 6) is -1.51. The number of carboxylic acids is 1. The van der Waals surface area contributed by atoms with E-state index >= 15 is 0 Å². The van der Waals surface area contributed by atoms with Crippen molar-refractivity contribution in [2.24, 2.45) is 0 Å². The molecular formula is C19H14N2O7S. The van der Waals surface area contributed by atoms with E-state index in [1.165, 1.54) is 18.2 Å². The number of benzene rings is 2. The van der Waals surface area contributed by atoms with E-state index in [2.05, 4.69) is 0 Å². The Balaban J connectivity index is 1.76. The largest absolute Gasteiger partial charge is 0.488 e. The first-order chi connectivity index (χ1) is 13.8. The summed E-state index contributed by atoms with van der Waals surface area (Å²) in [5.41, 5.74) is 1.23. The summed E-state index contributed by atoms with van der Waals surface area (Å²) in [7, 11) is 0. The van der Waals surface area contributed by atoms with E-state index in [0.29, 0.717) is 33.5 Å². The lowest BCUT2D eigenvalue weighted by molar-refractivity contribution is -0.384. The molecule has 0 saturated carbocycles. The molecule has 1 heterocycles. The van der Waals surface area contributed by atoms with Crippen molar-refractivity contribution in [3.8, 4) is 5.75 Å². The van der Waals surface area contributed by atoms with Crippen LogP contribution in [0.15, 0.2) is 53.4 Å². The fourth-order valence-electron chi connectivity index (χ4n) is 2.52. The highest BCUT2D eigenvalue weighted by atomic mass is 32.2. The van der Waals surface area contributed by atoms with Crippen molar-refractivity contribution in [3.05, 3.63) is 74.7 Å². The minimum atomic E-state index is -1.28.